The molecule has 3 heterocycles. The van der Waals surface area contributed by atoms with Crippen molar-refractivity contribution in [3.05, 3.63) is 82.3 Å². The third-order valence-electron chi connectivity index (χ3n) is 6.12. The summed E-state index contributed by atoms with van der Waals surface area (Å²) in [4.78, 5) is 36.6. The monoisotopic (exact) mass is 492 g/mol. The minimum atomic E-state index is -3.13. The number of nitrogens with one attached hydrogen (secondary N) is 1. The topological polar surface area (TPSA) is 75.2 Å². The van der Waals surface area contributed by atoms with Crippen molar-refractivity contribution in [1.29, 1.82) is 0 Å². The fraction of sp³-hybridized carbons (Fsp3) is 0.231. The lowest BCUT2D eigenvalue weighted by atomic mass is 10.1. The smallest absolute Gasteiger partial charge is 0.271 e. The Morgan fingerprint density at radius 3 is 2.69 bits per heavy atom. The number of aryl methyl sites for hydroxylation is 1. The van der Waals surface area contributed by atoms with Crippen LogP contribution in [-0.4, -0.2) is 51.7 Å². The number of hydrogen-bond donors (Lipinski definition) is 1. The molecule has 5 rings (SSSR count). The Bertz CT molecular complexity index is 1400. The van der Waals surface area contributed by atoms with E-state index in [1.807, 2.05) is 42.5 Å². The van der Waals surface area contributed by atoms with E-state index in [1.54, 1.807) is 31.3 Å². The van der Waals surface area contributed by atoms with E-state index in [-0.39, 0.29) is 13.1 Å². The molecule has 0 aliphatic carbocycles. The molecule has 0 saturated carbocycles. The molecule has 0 bridgehead atoms. The number of aromatic nitrogens is 2. The van der Waals surface area contributed by atoms with Crippen molar-refractivity contribution in [2.45, 2.75) is 25.3 Å². The number of hydrogen-bond acceptors (Lipinski definition) is 5. The molecule has 1 fully saturated rings. The quantitative estimate of drug-likeness (QED) is 0.428. The first-order valence-corrected chi connectivity index (χ1v) is 12.0. The molecule has 1 atom stereocenters. The highest BCUT2D eigenvalue weighted by Crippen LogP contribution is 2.37. The first-order valence-electron chi connectivity index (χ1n) is 11.2. The third kappa shape index (κ3) is 4.39. The van der Waals surface area contributed by atoms with Crippen LogP contribution < -0.4 is 5.32 Å². The van der Waals surface area contributed by atoms with E-state index in [2.05, 4.69) is 15.3 Å². The Balaban J connectivity index is 1.39. The number of carbonyl (C=O) groups is 2. The van der Waals surface area contributed by atoms with Crippen LogP contribution in [0.25, 0.3) is 22.2 Å². The average molecular weight is 493 g/mol. The Morgan fingerprint density at radius 2 is 1.89 bits per heavy atom. The summed E-state index contributed by atoms with van der Waals surface area (Å²) in [6, 6.07) is 16.5. The second kappa shape index (κ2) is 9.14. The lowest BCUT2D eigenvalue weighted by Gasteiger charge is -2.28. The van der Waals surface area contributed by atoms with Crippen molar-refractivity contribution in [3.63, 3.8) is 0 Å². The molecule has 6 nitrogen and oxygen atoms in total. The summed E-state index contributed by atoms with van der Waals surface area (Å²) in [7, 11) is 0. The zero-order chi connectivity index (χ0) is 24.6. The van der Waals surface area contributed by atoms with Gasteiger partial charge in [0.1, 0.15) is 10.9 Å². The molecule has 2 amide bonds. The molecular formula is C26H22F2N4O2S. The standard InChI is InChI=1S/C26H22F2N4O2S/c1-16-31-22(18-7-3-2-4-8-18)23(35-16)25(34)32-14-12-26(27,28)20(32)15-30-24(33)19-11-5-9-17-10-6-13-29-21(17)19/h2-11,13,20H,12,14-15H2,1H3,(H,30,33). The summed E-state index contributed by atoms with van der Waals surface area (Å²) in [5, 5.41) is 4.06. The van der Waals surface area contributed by atoms with Gasteiger partial charge in [-0.25, -0.2) is 13.8 Å². The highest BCUT2D eigenvalue weighted by Gasteiger charge is 2.51. The summed E-state index contributed by atoms with van der Waals surface area (Å²) in [5.74, 6) is -4.15. The van der Waals surface area contributed by atoms with E-state index in [4.69, 9.17) is 0 Å². The Kier molecular flexibility index (Phi) is 6.02. The first-order chi connectivity index (χ1) is 16.8. The zero-order valence-corrected chi connectivity index (χ0v) is 19.7. The van der Waals surface area contributed by atoms with E-state index < -0.39 is 30.2 Å². The van der Waals surface area contributed by atoms with Crippen LogP contribution in [0.5, 0.6) is 0 Å². The number of rotatable bonds is 5. The van der Waals surface area contributed by atoms with Gasteiger partial charge in [0, 0.05) is 36.7 Å². The third-order valence-corrected chi connectivity index (χ3v) is 7.08. The molecule has 2 aromatic heterocycles. The summed E-state index contributed by atoms with van der Waals surface area (Å²) in [6.07, 6.45) is 1.11. The average Bonchev–Trinajstić information content (AvgIpc) is 3.41. The SMILES string of the molecule is Cc1nc(-c2ccccc2)c(C(=O)N2CCC(F)(F)C2CNC(=O)c2cccc3cccnc23)s1. The molecule has 1 N–H and O–H groups in total. The van der Waals surface area contributed by atoms with Crippen LogP contribution >= 0.6 is 11.3 Å². The van der Waals surface area contributed by atoms with Gasteiger partial charge in [-0.2, -0.15) is 0 Å². The highest BCUT2D eigenvalue weighted by molar-refractivity contribution is 7.14. The van der Waals surface area contributed by atoms with Gasteiger partial charge in [0.2, 0.25) is 0 Å². The van der Waals surface area contributed by atoms with Crippen molar-refractivity contribution in [3.8, 4) is 11.3 Å². The Morgan fingerprint density at radius 1 is 1.11 bits per heavy atom. The number of halogens is 2. The van der Waals surface area contributed by atoms with Crippen LogP contribution in [0.1, 0.15) is 31.5 Å². The number of thiazole rings is 1. The van der Waals surface area contributed by atoms with E-state index in [1.165, 1.54) is 16.2 Å². The summed E-state index contributed by atoms with van der Waals surface area (Å²) < 4.78 is 29.8. The van der Waals surface area contributed by atoms with E-state index in [0.717, 1.165) is 10.9 Å². The van der Waals surface area contributed by atoms with Crippen LogP contribution in [0, 0.1) is 6.92 Å². The number of likely N-dealkylation sites (tertiary alicyclic amines) is 1. The molecule has 1 saturated heterocycles. The highest BCUT2D eigenvalue weighted by atomic mass is 32.1. The minimum Gasteiger partial charge on any atom is -0.350 e. The molecule has 178 valence electrons. The number of para-hydroxylation sites is 1. The van der Waals surface area contributed by atoms with Crippen molar-refractivity contribution >= 4 is 34.1 Å². The van der Waals surface area contributed by atoms with Crippen molar-refractivity contribution in [2.75, 3.05) is 13.1 Å². The number of carbonyl (C=O) groups excluding carboxylic acids is 2. The van der Waals surface area contributed by atoms with Gasteiger partial charge in [0.15, 0.2) is 0 Å². The predicted molar refractivity (Wildman–Crippen MR) is 131 cm³/mol. The molecular weight excluding hydrogens is 470 g/mol. The predicted octanol–water partition coefficient (Wildman–Crippen LogP) is 4.95. The van der Waals surface area contributed by atoms with E-state index in [0.29, 0.717) is 26.7 Å². The number of pyridine rings is 1. The maximum absolute atomic E-state index is 14.9. The summed E-state index contributed by atoms with van der Waals surface area (Å²) >= 11 is 1.19. The van der Waals surface area contributed by atoms with Gasteiger partial charge in [-0.1, -0.05) is 48.5 Å². The molecule has 1 aliphatic rings. The molecule has 1 aliphatic heterocycles. The van der Waals surface area contributed by atoms with Crippen LogP contribution in [0.15, 0.2) is 66.9 Å². The molecule has 9 heteroatoms. The zero-order valence-electron chi connectivity index (χ0n) is 18.9. The normalized spacial score (nSPS) is 17.0. The summed E-state index contributed by atoms with van der Waals surface area (Å²) in [6.45, 7) is 1.30. The van der Waals surface area contributed by atoms with Gasteiger partial charge in [0.25, 0.3) is 17.7 Å². The van der Waals surface area contributed by atoms with Crippen LogP contribution in [0.4, 0.5) is 8.78 Å². The van der Waals surface area contributed by atoms with Gasteiger partial charge < -0.3 is 10.2 Å². The van der Waals surface area contributed by atoms with Gasteiger partial charge in [-0.3, -0.25) is 14.6 Å². The Labute approximate surface area is 204 Å². The minimum absolute atomic E-state index is 0.104. The largest absolute Gasteiger partial charge is 0.350 e. The fourth-order valence-corrected chi connectivity index (χ4v) is 5.29. The fourth-order valence-electron chi connectivity index (χ4n) is 4.39. The maximum Gasteiger partial charge on any atom is 0.271 e. The summed E-state index contributed by atoms with van der Waals surface area (Å²) in [5.41, 5.74) is 2.02. The van der Waals surface area contributed by atoms with Crippen molar-refractivity contribution < 1.29 is 18.4 Å². The van der Waals surface area contributed by atoms with Gasteiger partial charge in [0.05, 0.1) is 21.8 Å². The van der Waals surface area contributed by atoms with Gasteiger partial charge in [-0.15, -0.1) is 11.3 Å². The maximum atomic E-state index is 14.9. The first kappa shape index (κ1) is 23.0. The molecule has 1 unspecified atom stereocenters. The molecule has 0 spiro atoms. The number of fused-ring (bicyclic) bond motifs is 1. The van der Waals surface area contributed by atoms with E-state index in [9.17, 15) is 18.4 Å². The second-order valence-electron chi connectivity index (χ2n) is 8.39. The number of amides is 2. The van der Waals surface area contributed by atoms with Crippen molar-refractivity contribution in [2.24, 2.45) is 0 Å². The van der Waals surface area contributed by atoms with Crippen LogP contribution in [0.2, 0.25) is 0 Å². The van der Waals surface area contributed by atoms with E-state index >= 15 is 0 Å². The second-order valence-corrected chi connectivity index (χ2v) is 9.60. The molecule has 0 radical (unpaired) electrons. The number of nitrogens with zero attached hydrogens (tertiary/aromatic N) is 3. The van der Waals surface area contributed by atoms with Gasteiger partial charge in [-0.05, 0) is 19.1 Å². The Hall–Kier alpha value is -3.72. The van der Waals surface area contributed by atoms with Crippen molar-refractivity contribution in [1.82, 2.24) is 20.2 Å². The lowest BCUT2D eigenvalue weighted by molar-refractivity contribution is -0.0281. The number of alkyl halides is 2. The molecule has 35 heavy (non-hydrogen) atoms. The molecule has 4 aromatic rings. The lowest BCUT2D eigenvalue weighted by Crippen LogP contribution is -2.49. The van der Waals surface area contributed by atoms with Crippen LogP contribution in [-0.2, 0) is 0 Å². The molecule has 2 aromatic carbocycles. The van der Waals surface area contributed by atoms with Crippen LogP contribution in [0.3, 0.4) is 0 Å². The number of benzene rings is 2. The van der Waals surface area contributed by atoms with Gasteiger partial charge >= 0.3 is 0 Å².